The number of hydrogen-bond donors (Lipinski definition) is 0. The highest BCUT2D eigenvalue weighted by Crippen LogP contribution is 2.40. The highest BCUT2D eigenvalue weighted by molar-refractivity contribution is 8.00. The summed E-state index contributed by atoms with van der Waals surface area (Å²) in [6.45, 7) is 0.111. The van der Waals surface area contributed by atoms with Crippen LogP contribution in [0.4, 0.5) is 8.78 Å². The molecule has 0 N–H and O–H groups in total. The summed E-state index contributed by atoms with van der Waals surface area (Å²) in [7, 11) is 1.58. The number of amides is 1. The number of hydrogen-bond acceptors (Lipinski definition) is 3. The van der Waals surface area contributed by atoms with Crippen LogP contribution < -0.4 is 4.74 Å². The second kappa shape index (κ2) is 6.58. The molecule has 0 saturated carbocycles. The summed E-state index contributed by atoms with van der Waals surface area (Å²) in [5, 5.41) is -0.206. The van der Waals surface area contributed by atoms with Crippen LogP contribution in [0, 0.1) is 11.6 Å². The van der Waals surface area contributed by atoms with Gasteiger partial charge in [-0.3, -0.25) is 4.79 Å². The van der Waals surface area contributed by atoms with Gasteiger partial charge in [-0.15, -0.1) is 11.8 Å². The van der Waals surface area contributed by atoms with Crippen LogP contribution in [0.25, 0.3) is 0 Å². The molecule has 1 atom stereocenters. The minimum atomic E-state index is -0.640. The number of carbonyl (C=O) groups excluding carboxylic acids is 1. The van der Waals surface area contributed by atoms with Crippen LogP contribution in [0.1, 0.15) is 16.5 Å². The summed E-state index contributed by atoms with van der Waals surface area (Å²) in [5.74, 6) is -0.288. The minimum absolute atomic E-state index is 0.0634. The first-order valence-electron chi connectivity index (χ1n) is 7.07. The van der Waals surface area contributed by atoms with Crippen molar-refractivity contribution in [3.8, 4) is 5.75 Å². The van der Waals surface area contributed by atoms with Crippen LogP contribution in [0.3, 0.4) is 0 Å². The van der Waals surface area contributed by atoms with E-state index < -0.39 is 11.6 Å². The van der Waals surface area contributed by atoms with Crippen LogP contribution >= 0.6 is 11.8 Å². The number of methoxy groups -OCH3 is 1. The van der Waals surface area contributed by atoms with E-state index in [2.05, 4.69) is 0 Å². The Morgan fingerprint density at radius 2 is 2.09 bits per heavy atom. The molecule has 2 aromatic carbocycles. The van der Waals surface area contributed by atoms with E-state index in [1.807, 2.05) is 24.3 Å². The molecule has 1 amide bonds. The van der Waals surface area contributed by atoms with Crippen molar-refractivity contribution in [1.29, 1.82) is 0 Å². The molecule has 2 aromatic rings. The quantitative estimate of drug-likeness (QED) is 0.852. The lowest BCUT2D eigenvalue weighted by Crippen LogP contribution is -2.28. The van der Waals surface area contributed by atoms with Gasteiger partial charge in [0.25, 0.3) is 0 Å². The Hall–Kier alpha value is -2.08. The van der Waals surface area contributed by atoms with E-state index in [0.29, 0.717) is 17.1 Å². The summed E-state index contributed by atoms with van der Waals surface area (Å²) in [4.78, 5) is 13.8. The van der Waals surface area contributed by atoms with Gasteiger partial charge in [-0.05, 0) is 23.8 Å². The van der Waals surface area contributed by atoms with Crippen molar-refractivity contribution in [2.75, 3.05) is 12.9 Å². The molecule has 1 aliphatic rings. The number of rotatable bonds is 4. The van der Waals surface area contributed by atoms with Gasteiger partial charge in [0.2, 0.25) is 5.91 Å². The number of carbonyl (C=O) groups is 1. The molecule has 3 rings (SSSR count). The Kier molecular flexibility index (Phi) is 4.52. The van der Waals surface area contributed by atoms with E-state index in [1.54, 1.807) is 12.0 Å². The number of benzene rings is 2. The second-order valence-electron chi connectivity index (χ2n) is 5.20. The molecule has 0 aromatic heterocycles. The first-order chi connectivity index (χ1) is 11.1. The first kappa shape index (κ1) is 15.8. The van der Waals surface area contributed by atoms with Gasteiger partial charge in [0.05, 0.1) is 12.9 Å². The number of nitrogens with zero attached hydrogens (tertiary/aromatic N) is 1. The Morgan fingerprint density at radius 1 is 1.26 bits per heavy atom. The van der Waals surface area contributed by atoms with Crippen molar-refractivity contribution in [1.82, 2.24) is 4.90 Å². The van der Waals surface area contributed by atoms with Gasteiger partial charge in [-0.1, -0.05) is 18.2 Å². The van der Waals surface area contributed by atoms with Crippen LogP contribution in [0.2, 0.25) is 0 Å². The molecule has 1 aliphatic heterocycles. The predicted octanol–water partition coefficient (Wildman–Crippen LogP) is 3.75. The predicted molar refractivity (Wildman–Crippen MR) is 85.1 cm³/mol. The van der Waals surface area contributed by atoms with Crippen LogP contribution in [0.5, 0.6) is 5.75 Å². The van der Waals surface area contributed by atoms with Crippen molar-refractivity contribution in [2.45, 2.75) is 11.9 Å². The summed E-state index contributed by atoms with van der Waals surface area (Å²) in [6, 6.07) is 10.9. The molecular weight excluding hydrogens is 320 g/mol. The number of ether oxygens (including phenoxy) is 1. The highest BCUT2D eigenvalue weighted by Gasteiger charge is 2.33. The highest BCUT2D eigenvalue weighted by atomic mass is 32.2. The largest absolute Gasteiger partial charge is 0.497 e. The van der Waals surface area contributed by atoms with E-state index in [1.165, 1.54) is 23.9 Å². The zero-order valence-electron chi connectivity index (χ0n) is 12.5. The monoisotopic (exact) mass is 335 g/mol. The molecule has 120 valence electrons. The molecule has 0 bridgehead atoms. The summed E-state index contributed by atoms with van der Waals surface area (Å²) < 4.78 is 32.1. The van der Waals surface area contributed by atoms with Crippen LogP contribution in [0.15, 0.2) is 42.5 Å². The third kappa shape index (κ3) is 3.32. The van der Waals surface area contributed by atoms with Gasteiger partial charge < -0.3 is 9.64 Å². The summed E-state index contributed by atoms with van der Waals surface area (Å²) in [5.41, 5.74) is 1.22. The Bertz CT molecular complexity index is 738. The van der Waals surface area contributed by atoms with Gasteiger partial charge in [0, 0.05) is 18.2 Å². The average molecular weight is 335 g/mol. The molecule has 6 heteroatoms. The summed E-state index contributed by atoms with van der Waals surface area (Å²) >= 11 is 1.48. The average Bonchev–Trinajstić information content (AvgIpc) is 2.91. The normalized spacial score (nSPS) is 17.6. The molecular formula is C17H15F2NO2S. The standard InChI is InChI=1S/C17H15F2NO2S/c1-22-14-4-2-3-11(7-14)17-20(16(21)10-23-17)9-12-5-6-13(18)8-15(12)19/h2-8,17H,9-10H2,1H3. The van der Waals surface area contributed by atoms with E-state index >= 15 is 0 Å². The van der Waals surface area contributed by atoms with Crippen molar-refractivity contribution in [3.05, 3.63) is 65.2 Å². The van der Waals surface area contributed by atoms with Crippen LogP contribution in [-0.4, -0.2) is 23.7 Å². The van der Waals surface area contributed by atoms with Crippen molar-refractivity contribution < 1.29 is 18.3 Å². The van der Waals surface area contributed by atoms with E-state index in [9.17, 15) is 13.6 Å². The lowest BCUT2D eigenvalue weighted by Gasteiger charge is -2.24. The lowest BCUT2D eigenvalue weighted by molar-refractivity contribution is -0.128. The molecule has 0 radical (unpaired) electrons. The lowest BCUT2D eigenvalue weighted by atomic mass is 10.1. The Morgan fingerprint density at radius 3 is 2.83 bits per heavy atom. The Labute approximate surface area is 137 Å². The molecule has 3 nitrogen and oxygen atoms in total. The molecule has 23 heavy (non-hydrogen) atoms. The number of halogens is 2. The van der Waals surface area contributed by atoms with Gasteiger partial charge in [0.1, 0.15) is 22.8 Å². The molecule has 1 fully saturated rings. The SMILES string of the molecule is COc1cccc(C2SCC(=O)N2Cc2ccc(F)cc2F)c1. The fourth-order valence-corrected chi connectivity index (χ4v) is 3.71. The molecule has 0 aliphatic carbocycles. The molecule has 1 saturated heterocycles. The maximum atomic E-state index is 13.9. The third-order valence-corrected chi connectivity index (χ3v) is 4.96. The van der Waals surface area contributed by atoms with E-state index in [-0.39, 0.29) is 17.8 Å². The smallest absolute Gasteiger partial charge is 0.234 e. The topological polar surface area (TPSA) is 29.5 Å². The zero-order valence-corrected chi connectivity index (χ0v) is 13.3. The third-order valence-electron chi connectivity index (χ3n) is 3.70. The fourth-order valence-electron chi connectivity index (χ4n) is 2.53. The number of thioether (sulfide) groups is 1. The maximum absolute atomic E-state index is 13.9. The first-order valence-corrected chi connectivity index (χ1v) is 8.12. The Balaban J connectivity index is 1.87. The van der Waals surface area contributed by atoms with Gasteiger partial charge >= 0.3 is 0 Å². The van der Waals surface area contributed by atoms with Gasteiger partial charge in [-0.2, -0.15) is 0 Å². The fraction of sp³-hybridized carbons (Fsp3) is 0.235. The molecule has 0 spiro atoms. The minimum Gasteiger partial charge on any atom is -0.497 e. The molecule has 1 unspecified atom stereocenters. The molecule has 1 heterocycles. The van der Waals surface area contributed by atoms with Gasteiger partial charge in [0.15, 0.2) is 0 Å². The van der Waals surface area contributed by atoms with E-state index in [4.69, 9.17) is 4.74 Å². The van der Waals surface area contributed by atoms with Gasteiger partial charge in [-0.25, -0.2) is 8.78 Å². The second-order valence-corrected chi connectivity index (χ2v) is 6.27. The zero-order chi connectivity index (χ0) is 16.4. The van der Waals surface area contributed by atoms with Crippen molar-refractivity contribution >= 4 is 17.7 Å². The van der Waals surface area contributed by atoms with E-state index in [0.717, 1.165) is 11.6 Å². The maximum Gasteiger partial charge on any atom is 0.234 e. The van der Waals surface area contributed by atoms with Crippen molar-refractivity contribution in [2.24, 2.45) is 0 Å². The summed E-state index contributed by atoms with van der Waals surface area (Å²) in [6.07, 6.45) is 0. The van der Waals surface area contributed by atoms with Crippen LogP contribution in [-0.2, 0) is 11.3 Å². The van der Waals surface area contributed by atoms with Crippen molar-refractivity contribution in [3.63, 3.8) is 0 Å².